The van der Waals surface area contributed by atoms with Crippen LogP contribution in [-0.4, -0.2) is 40.2 Å². The second-order valence-electron chi connectivity index (χ2n) is 4.83. The van der Waals surface area contributed by atoms with Gasteiger partial charge in [0.05, 0.1) is 12.6 Å². The van der Waals surface area contributed by atoms with Crippen molar-refractivity contribution in [1.82, 2.24) is 4.90 Å². The number of halogens is 1. The Morgan fingerprint density at radius 3 is 2.74 bits per heavy atom. The molecule has 0 saturated carbocycles. The molecule has 6 heteroatoms. The van der Waals surface area contributed by atoms with E-state index >= 15 is 0 Å². The summed E-state index contributed by atoms with van der Waals surface area (Å²) in [6, 6.07) is 7.38. The number of benzene rings is 1. The number of rotatable bonds is 3. The van der Waals surface area contributed by atoms with Gasteiger partial charge in [-0.1, -0.05) is 11.6 Å². The van der Waals surface area contributed by atoms with E-state index < -0.39 is 11.8 Å². The van der Waals surface area contributed by atoms with Crippen LogP contribution in [0.2, 0.25) is 5.02 Å². The molecule has 104 valence electrons. The topological polar surface area (TPSA) is 49.8 Å². The highest BCUT2D eigenvalue weighted by atomic mass is 35.5. The van der Waals surface area contributed by atoms with Crippen LogP contribution in [0.15, 0.2) is 29.2 Å². The Labute approximate surface area is 121 Å². The number of hydrogen-bond acceptors (Lipinski definition) is 3. The number of carbonyl (C=O) groups is 1. The zero-order valence-electron chi connectivity index (χ0n) is 10.8. The SMILES string of the molecule is CC1(C)OC[C@H](CSc2ccc(Cl)cc2)N1C(=O)O. The molecule has 0 radical (unpaired) electrons. The Bertz CT molecular complexity index is 463. The fourth-order valence-electron chi connectivity index (χ4n) is 2.12. The highest BCUT2D eigenvalue weighted by molar-refractivity contribution is 7.99. The molecule has 1 fully saturated rings. The van der Waals surface area contributed by atoms with Gasteiger partial charge in [0.2, 0.25) is 0 Å². The van der Waals surface area contributed by atoms with Crippen molar-refractivity contribution >= 4 is 29.5 Å². The summed E-state index contributed by atoms with van der Waals surface area (Å²) in [5.41, 5.74) is -0.753. The van der Waals surface area contributed by atoms with Gasteiger partial charge in [-0.2, -0.15) is 0 Å². The molecule has 1 aromatic rings. The monoisotopic (exact) mass is 301 g/mol. The molecule has 1 amide bonds. The van der Waals surface area contributed by atoms with Gasteiger partial charge in [-0.25, -0.2) is 4.79 Å². The summed E-state index contributed by atoms with van der Waals surface area (Å²) < 4.78 is 5.55. The molecule has 0 aromatic heterocycles. The molecular formula is C13H16ClNO3S. The molecule has 1 aliphatic rings. The van der Waals surface area contributed by atoms with E-state index in [0.29, 0.717) is 17.4 Å². The average Bonchev–Trinajstić information content (AvgIpc) is 2.64. The van der Waals surface area contributed by atoms with Crippen LogP contribution >= 0.6 is 23.4 Å². The molecule has 1 saturated heterocycles. The van der Waals surface area contributed by atoms with Crippen LogP contribution in [0.25, 0.3) is 0 Å². The summed E-state index contributed by atoms with van der Waals surface area (Å²) in [6.45, 7) is 3.97. The van der Waals surface area contributed by atoms with Crippen molar-refractivity contribution in [2.45, 2.75) is 30.5 Å². The van der Waals surface area contributed by atoms with Gasteiger partial charge in [-0.05, 0) is 38.1 Å². The average molecular weight is 302 g/mol. The van der Waals surface area contributed by atoms with Gasteiger partial charge in [-0.3, -0.25) is 4.90 Å². The minimum Gasteiger partial charge on any atom is -0.465 e. The van der Waals surface area contributed by atoms with Crippen LogP contribution in [0.1, 0.15) is 13.8 Å². The molecule has 2 rings (SSSR count). The lowest BCUT2D eigenvalue weighted by Crippen LogP contribution is -2.48. The van der Waals surface area contributed by atoms with Crippen LogP contribution in [-0.2, 0) is 4.74 Å². The fraction of sp³-hybridized carbons (Fsp3) is 0.462. The number of thioether (sulfide) groups is 1. The van der Waals surface area contributed by atoms with E-state index in [-0.39, 0.29) is 6.04 Å². The lowest BCUT2D eigenvalue weighted by atomic mass is 10.2. The van der Waals surface area contributed by atoms with Crippen LogP contribution in [0.4, 0.5) is 4.79 Å². The third-order valence-electron chi connectivity index (χ3n) is 3.04. The normalized spacial score (nSPS) is 21.6. The van der Waals surface area contributed by atoms with Crippen molar-refractivity contribution in [3.8, 4) is 0 Å². The Balaban J connectivity index is 1.99. The first-order valence-corrected chi connectivity index (χ1v) is 7.31. The minimum atomic E-state index is -0.941. The fourth-order valence-corrected chi connectivity index (χ4v) is 3.20. The number of ether oxygens (including phenoxy) is 1. The van der Waals surface area contributed by atoms with Crippen molar-refractivity contribution in [3.63, 3.8) is 0 Å². The van der Waals surface area contributed by atoms with Crippen molar-refractivity contribution < 1.29 is 14.6 Å². The molecule has 4 nitrogen and oxygen atoms in total. The molecule has 19 heavy (non-hydrogen) atoms. The predicted molar refractivity (Wildman–Crippen MR) is 75.9 cm³/mol. The van der Waals surface area contributed by atoms with E-state index in [1.54, 1.807) is 25.6 Å². The highest BCUT2D eigenvalue weighted by Gasteiger charge is 2.43. The van der Waals surface area contributed by atoms with E-state index in [1.807, 2.05) is 24.3 Å². The molecule has 0 bridgehead atoms. The van der Waals surface area contributed by atoms with E-state index in [9.17, 15) is 9.90 Å². The Morgan fingerprint density at radius 2 is 2.16 bits per heavy atom. The van der Waals surface area contributed by atoms with E-state index in [0.717, 1.165) is 4.90 Å². The smallest absolute Gasteiger partial charge is 0.409 e. The van der Waals surface area contributed by atoms with Gasteiger partial charge in [-0.15, -0.1) is 11.8 Å². The molecular weight excluding hydrogens is 286 g/mol. The summed E-state index contributed by atoms with van der Waals surface area (Å²) >= 11 is 7.43. The maximum atomic E-state index is 11.3. The number of hydrogen-bond donors (Lipinski definition) is 1. The van der Waals surface area contributed by atoms with Crippen molar-refractivity contribution in [1.29, 1.82) is 0 Å². The second-order valence-corrected chi connectivity index (χ2v) is 6.36. The summed E-state index contributed by atoms with van der Waals surface area (Å²) in [4.78, 5) is 13.8. The molecule has 1 aliphatic heterocycles. The van der Waals surface area contributed by atoms with Gasteiger partial charge in [0, 0.05) is 15.7 Å². The van der Waals surface area contributed by atoms with Crippen molar-refractivity contribution in [2.24, 2.45) is 0 Å². The number of nitrogens with zero attached hydrogens (tertiary/aromatic N) is 1. The number of amides is 1. The maximum Gasteiger partial charge on any atom is 0.409 e. The quantitative estimate of drug-likeness (QED) is 0.868. The van der Waals surface area contributed by atoms with Crippen LogP contribution in [0, 0.1) is 0 Å². The Hall–Kier alpha value is -0.910. The highest BCUT2D eigenvalue weighted by Crippen LogP contribution is 2.31. The molecule has 1 aromatic carbocycles. The van der Waals surface area contributed by atoms with Gasteiger partial charge in [0.15, 0.2) is 0 Å². The lowest BCUT2D eigenvalue weighted by molar-refractivity contribution is -0.0414. The molecule has 1 heterocycles. The maximum absolute atomic E-state index is 11.3. The standard InChI is InChI=1S/C13H16ClNO3S/c1-13(2)15(12(16)17)10(7-18-13)8-19-11-5-3-9(14)4-6-11/h3-6,10H,7-8H2,1-2H3,(H,16,17)/t10-/m1/s1. The second kappa shape index (κ2) is 5.61. The molecule has 1 atom stereocenters. The lowest BCUT2D eigenvalue weighted by Gasteiger charge is -2.30. The van der Waals surface area contributed by atoms with Crippen LogP contribution in [0.5, 0.6) is 0 Å². The molecule has 1 N–H and O–H groups in total. The van der Waals surface area contributed by atoms with E-state index in [4.69, 9.17) is 16.3 Å². The third-order valence-corrected chi connectivity index (χ3v) is 4.45. The van der Waals surface area contributed by atoms with Crippen LogP contribution < -0.4 is 0 Å². The Kier molecular flexibility index (Phi) is 4.28. The first-order chi connectivity index (χ1) is 8.90. The van der Waals surface area contributed by atoms with Gasteiger partial charge in [0.25, 0.3) is 0 Å². The predicted octanol–water partition coefficient (Wildman–Crippen LogP) is 3.55. The first-order valence-electron chi connectivity index (χ1n) is 5.95. The number of carboxylic acid groups (broad SMARTS) is 1. The molecule has 0 unspecified atom stereocenters. The molecule has 0 spiro atoms. The van der Waals surface area contributed by atoms with E-state index in [2.05, 4.69) is 0 Å². The summed E-state index contributed by atoms with van der Waals surface area (Å²) in [7, 11) is 0. The summed E-state index contributed by atoms with van der Waals surface area (Å²) in [5.74, 6) is 0.664. The largest absolute Gasteiger partial charge is 0.465 e. The zero-order chi connectivity index (χ0) is 14.0. The van der Waals surface area contributed by atoms with Gasteiger partial charge >= 0.3 is 6.09 Å². The first kappa shape index (κ1) is 14.5. The van der Waals surface area contributed by atoms with Crippen molar-refractivity contribution in [3.05, 3.63) is 29.3 Å². The third kappa shape index (κ3) is 3.35. The zero-order valence-corrected chi connectivity index (χ0v) is 12.4. The minimum absolute atomic E-state index is 0.131. The summed E-state index contributed by atoms with van der Waals surface area (Å²) in [5, 5.41) is 9.97. The van der Waals surface area contributed by atoms with E-state index in [1.165, 1.54) is 4.90 Å². The Morgan fingerprint density at radius 1 is 1.53 bits per heavy atom. The van der Waals surface area contributed by atoms with Gasteiger partial charge in [0.1, 0.15) is 5.72 Å². The van der Waals surface area contributed by atoms with Crippen LogP contribution in [0.3, 0.4) is 0 Å². The molecule has 0 aliphatic carbocycles. The van der Waals surface area contributed by atoms with Gasteiger partial charge < -0.3 is 9.84 Å². The van der Waals surface area contributed by atoms with Crippen molar-refractivity contribution in [2.75, 3.05) is 12.4 Å². The summed E-state index contributed by atoms with van der Waals surface area (Å²) in [6.07, 6.45) is -0.941.